The molecule has 4 aliphatic rings. The number of imide groups is 1. The molecular formula is C20H21NO3S2. The van der Waals surface area contributed by atoms with Crippen molar-refractivity contribution < 1.29 is 14.7 Å². The van der Waals surface area contributed by atoms with Gasteiger partial charge in [0.05, 0.1) is 27.7 Å². The zero-order valence-corrected chi connectivity index (χ0v) is 16.0. The summed E-state index contributed by atoms with van der Waals surface area (Å²) in [7, 11) is 0. The summed E-state index contributed by atoms with van der Waals surface area (Å²) >= 11 is 3.92. The Balaban J connectivity index is 1.55. The van der Waals surface area contributed by atoms with Gasteiger partial charge in [0, 0.05) is 17.4 Å². The zero-order chi connectivity index (χ0) is 17.9. The van der Waals surface area contributed by atoms with E-state index in [0.29, 0.717) is 18.5 Å². The first-order chi connectivity index (χ1) is 12.6. The lowest BCUT2D eigenvalue weighted by Gasteiger charge is -2.47. The highest BCUT2D eigenvalue weighted by atomic mass is 32.2. The summed E-state index contributed by atoms with van der Waals surface area (Å²) in [6.45, 7) is 0. The topological polar surface area (TPSA) is 57.6 Å². The first-order valence-electron chi connectivity index (χ1n) is 9.22. The lowest BCUT2D eigenvalue weighted by molar-refractivity contribution is -0.124. The van der Waals surface area contributed by atoms with Crippen LogP contribution >= 0.6 is 23.5 Å². The van der Waals surface area contributed by atoms with Gasteiger partial charge >= 0.3 is 0 Å². The maximum Gasteiger partial charge on any atom is 0.238 e. The summed E-state index contributed by atoms with van der Waals surface area (Å²) in [5, 5.41) is 10.8. The average molecular weight is 388 g/mol. The average Bonchev–Trinajstić information content (AvgIpc) is 3.23. The smallest absolute Gasteiger partial charge is 0.238 e. The summed E-state index contributed by atoms with van der Waals surface area (Å²) in [4.78, 5) is 27.7. The van der Waals surface area contributed by atoms with Crippen LogP contribution in [0.25, 0.3) is 0 Å². The van der Waals surface area contributed by atoms with Gasteiger partial charge in [0.15, 0.2) is 0 Å². The third kappa shape index (κ3) is 2.28. The van der Waals surface area contributed by atoms with E-state index in [1.807, 2.05) is 53.9 Å². The van der Waals surface area contributed by atoms with Crippen molar-refractivity contribution in [2.75, 3.05) is 16.4 Å². The van der Waals surface area contributed by atoms with Gasteiger partial charge in [-0.3, -0.25) is 14.5 Å². The van der Waals surface area contributed by atoms with E-state index in [9.17, 15) is 14.7 Å². The summed E-state index contributed by atoms with van der Waals surface area (Å²) in [6.07, 6.45) is 3.92. The highest BCUT2D eigenvalue weighted by Gasteiger charge is 2.59. The van der Waals surface area contributed by atoms with Crippen molar-refractivity contribution in [3.63, 3.8) is 0 Å². The zero-order valence-electron chi connectivity index (χ0n) is 14.3. The Morgan fingerprint density at radius 2 is 1.77 bits per heavy atom. The third-order valence-electron chi connectivity index (χ3n) is 6.21. The van der Waals surface area contributed by atoms with E-state index in [-0.39, 0.29) is 27.7 Å². The van der Waals surface area contributed by atoms with Gasteiger partial charge in [-0.2, -0.15) is 0 Å². The number of nitrogens with zero attached hydrogens (tertiary/aromatic N) is 1. The van der Waals surface area contributed by atoms with Gasteiger partial charge in [-0.1, -0.05) is 24.3 Å². The minimum Gasteiger partial charge on any atom is -0.392 e. The molecule has 2 aliphatic heterocycles. The van der Waals surface area contributed by atoms with E-state index in [2.05, 4.69) is 6.08 Å². The lowest BCUT2D eigenvalue weighted by Crippen LogP contribution is -2.47. The Morgan fingerprint density at radius 3 is 2.50 bits per heavy atom. The van der Waals surface area contributed by atoms with Crippen LogP contribution in [-0.2, 0) is 9.59 Å². The van der Waals surface area contributed by atoms with Gasteiger partial charge in [-0.05, 0) is 37.0 Å². The van der Waals surface area contributed by atoms with Crippen LogP contribution in [0.15, 0.2) is 42.0 Å². The number of carbonyl (C=O) groups excluding carboxylic acids is 2. The van der Waals surface area contributed by atoms with E-state index in [4.69, 9.17) is 0 Å². The summed E-state index contributed by atoms with van der Waals surface area (Å²) < 4.78 is 0.0123. The first-order valence-corrected chi connectivity index (χ1v) is 11.2. The largest absolute Gasteiger partial charge is 0.392 e. The van der Waals surface area contributed by atoms with Crippen LogP contribution in [0.5, 0.6) is 0 Å². The molecule has 4 atom stereocenters. The van der Waals surface area contributed by atoms with Crippen LogP contribution in [0.2, 0.25) is 0 Å². The van der Waals surface area contributed by atoms with E-state index < -0.39 is 12.0 Å². The van der Waals surface area contributed by atoms with Crippen LogP contribution in [0.3, 0.4) is 0 Å². The van der Waals surface area contributed by atoms with E-state index in [1.54, 1.807) is 0 Å². The molecule has 0 unspecified atom stereocenters. The fraction of sp³-hybridized carbons (Fsp3) is 0.500. The molecule has 2 saturated heterocycles. The molecule has 26 heavy (non-hydrogen) atoms. The molecule has 2 heterocycles. The van der Waals surface area contributed by atoms with Crippen LogP contribution < -0.4 is 4.90 Å². The number of rotatable bonds is 1. The number of anilines is 1. The van der Waals surface area contributed by atoms with Crippen LogP contribution in [0.1, 0.15) is 19.3 Å². The normalized spacial score (nSPS) is 35.4. The summed E-state index contributed by atoms with van der Waals surface area (Å²) in [5.74, 6) is 1.01. The number of fused-ring (bicyclic) bond motifs is 4. The molecule has 0 radical (unpaired) electrons. The molecule has 1 spiro atoms. The van der Waals surface area contributed by atoms with Gasteiger partial charge in [-0.15, -0.1) is 23.5 Å². The Hall–Kier alpha value is -1.24. The number of amides is 2. The molecule has 136 valence electrons. The number of hydrogen-bond acceptors (Lipinski definition) is 5. The summed E-state index contributed by atoms with van der Waals surface area (Å²) in [5.41, 5.74) is 1.86. The lowest BCUT2D eigenvalue weighted by atomic mass is 9.66. The minimum absolute atomic E-state index is 0.0123. The molecule has 0 aromatic heterocycles. The molecular weight excluding hydrogens is 366 g/mol. The number of allylic oxidation sites excluding steroid dienone is 1. The molecule has 2 aliphatic carbocycles. The van der Waals surface area contributed by atoms with E-state index in [0.717, 1.165) is 17.9 Å². The number of thioether (sulfide) groups is 2. The van der Waals surface area contributed by atoms with Gasteiger partial charge in [0.2, 0.25) is 11.8 Å². The highest BCUT2D eigenvalue weighted by molar-refractivity contribution is 8.21. The SMILES string of the molecule is O=C1[C@@H]2[C@H]3C(=CC[C@@H]2C(=O)N1c1ccccc1)C1(CC[C@H]3O)SCCS1. The van der Waals surface area contributed by atoms with Crippen LogP contribution in [0.4, 0.5) is 5.69 Å². The van der Waals surface area contributed by atoms with Gasteiger partial charge in [0.1, 0.15) is 0 Å². The maximum absolute atomic E-state index is 13.3. The monoisotopic (exact) mass is 387 g/mol. The van der Waals surface area contributed by atoms with Crippen molar-refractivity contribution in [2.45, 2.75) is 29.4 Å². The highest BCUT2D eigenvalue weighted by Crippen LogP contribution is 2.61. The molecule has 3 fully saturated rings. The molecule has 1 N–H and O–H groups in total. The molecule has 2 amide bonds. The van der Waals surface area contributed by atoms with Crippen molar-refractivity contribution in [3.05, 3.63) is 42.0 Å². The van der Waals surface area contributed by atoms with Crippen molar-refractivity contribution in [1.82, 2.24) is 0 Å². The second-order valence-corrected chi connectivity index (χ2v) is 10.5. The van der Waals surface area contributed by atoms with Crippen molar-refractivity contribution in [3.8, 4) is 0 Å². The third-order valence-corrected chi connectivity index (χ3v) is 9.80. The molecule has 1 saturated carbocycles. The Labute approximate surface area is 161 Å². The fourth-order valence-electron chi connectivity index (χ4n) is 5.10. The van der Waals surface area contributed by atoms with Crippen molar-refractivity contribution >= 4 is 41.0 Å². The number of aliphatic hydroxyl groups excluding tert-OH is 1. The number of aliphatic hydroxyl groups is 1. The van der Waals surface area contributed by atoms with Crippen molar-refractivity contribution in [2.24, 2.45) is 17.8 Å². The second-order valence-electron chi connectivity index (χ2n) is 7.46. The number of benzene rings is 1. The predicted octanol–water partition coefficient (Wildman–Crippen LogP) is 3.07. The van der Waals surface area contributed by atoms with Crippen LogP contribution in [0, 0.1) is 17.8 Å². The number of para-hydroxylation sites is 1. The van der Waals surface area contributed by atoms with E-state index >= 15 is 0 Å². The minimum atomic E-state index is -0.533. The molecule has 0 bridgehead atoms. The van der Waals surface area contributed by atoms with Gasteiger partial charge in [0.25, 0.3) is 0 Å². The van der Waals surface area contributed by atoms with E-state index in [1.165, 1.54) is 10.5 Å². The molecule has 1 aromatic carbocycles. The predicted molar refractivity (Wildman–Crippen MR) is 105 cm³/mol. The second kappa shape index (κ2) is 6.14. The first kappa shape index (κ1) is 16.9. The Bertz CT molecular complexity index is 788. The van der Waals surface area contributed by atoms with Crippen molar-refractivity contribution in [1.29, 1.82) is 0 Å². The number of carbonyl (C=O) groups is 2. The maximum atomic E-state index is 13.3. The molecule has 6 heteroatoms. The van der Waals surface area contributed by atoms with Gasteiger partial charge in [-0.25, -0.2) is 0 Å². The molecule has 5 rings (SSSR count). The standard InChI is InChI=1S/C20H21NO3S2/c22-15-8-9-20(25-10-11-26-20)14-7-6-13-16(17(14)15)19(24)21(18(13)23)12-4-2-1-3-5-12/h1-5,7,13,15-17,22H,6,8-11H2/t13-,15+,16-,17-/m0/s1. The Kier molecular flexibility index (Phi) is 3.99. The van der Waals surface area contributed by atoms with Gasteiger partial charge < -0.3 is 5.11 Å². The molecule has 1 aromatic rings. The summed E-state index contributed by atoms with van der Waals surface area (Å²) in [6, 6.07) is 9.19. The molecule has 4 nitrogen and oxygen atoms in total. The fourth-order valence-corrected chi connectivity index (χ4v) is 8.56. The quantitative estimate of drug-likeness (QED) is 0.593. The number of hydrogen-bond donors (Lipinski definition) is 1. The van der Waals surface area contributed by atoms with Crippen LogP contribution in [-0.4, -0.2) is 38.6 Å². The Morgan fingerprint density at radius 1 is 1.04 bits per heavy atom.